The molecule has 0 fully saturated rings. The maximum atomic E-state index is 8.63. The zero-order chi connectivity index (χ0) is 11.1. The summed E-state index contributed by atoms with van der Waals surface area (Å²) in [6.45, 7) is 0.642. The van der Waals surface area contributed by atoms with Crippen molar-refractivity contribution in [2.45, 2.75) is 6.04 Å². The largest absolute Gasteiger partial charge is 0.468 e. The number of hydrogen-bond acceptors (Lipinski definition) is 5. The molecule has 0 aromatic carbocycles. The molecule has 0 saturated carbocycles. The Morgan fingerprint density at radius 1 is 1.40 bits per heavy atom. The van der Waals surface area contributed by atoms with Crippen LogP contribution in [0.25, 0.3) is 0 Å². The number of nitrogens with zero attached hydrogens (tertiary/aromatic N) is 3. The Bertz CT molecular complexity index is 344. The van der Waals surface area contributed by atoms with Gasteiger partial charge >= 0.3 is 0 Å². The van der Waals surface area contributed by atoms with E-state index in [1.165, 1.54) is 0 Å². The highest BCUT2D eigenvalue weighted by atomic mass is 16.3. The lowest BCUT2D eigenvalue weighted by atomic mass is 10.2. The van der Waals surface area contributed by atoms with Gasteiger partial charge in [0.15, 0.2) is 0 Å². The predicted molar refractivity (Wildman–Crippen MR) is 53.3 cm³/mol. The first-order chi connectivity index (χ1) is 7.33. The third-order valence-electron chi connectivity index (χ3n) is 2.08. The van der Waals surface area contributed by atoms with E-state index in [2.05, 4.69) is 0 Å². The van der Waals surface area contributed by atoms with Crippen LogP contribution < -0.4 is 5.73 Å². The van der Waals surface area contributed by atoms with E-state index < -0.39 is 0 Å². The summed E-state index contributed by atoms with van der Waals surface area (Å²) in [6, 6.07) is 7.35. The predicted octanol–water partition coefficient (Wildman–Crippen LogP) is 0.629. The normalized spacial score (nSPS) is 12.0. The van der Waals surface area contributed by atoms with Crippen LogP contribution in [0.15, 0.2) is 22.8 Å². The molecule has 0 aliphatic rings. The smallest absolute Gasteiger partial charge is 0.122 e. The van der Waals surface area contributed by atoms with Crippen molar-refractivity contribution >= 4 is 0 Å². The molecule has 1 unspecified atom stereocenters. The first kappa shape index (κ1) is 11.3. The maximum Gasteiger partial charge on any atom is 0.122 e. The number of furan rings is 1. The molecule has 1 aromatic heterocycles. The van der Waals surface area contributed by atoms with Gasteiger partial charge < -0.3 is 10.2 Å². The van der Waals surface area contributed by atoms with Gasteiger partial charge in [0.25, 0.3) is 0 Å². The molecule has 0 radical (unpaired) electrons. The van der Waals surface area contributed by atoms with Gasteiger partial charge in [0.1, 0.15) is 5.76 Å². The highest BCUT2D eigenvalue weighted by molar-refractivity contribution is 5.07. The summed E-state index contributed by atoms with van der Waals surface area (Å²) in [5, 5.41) is 17.3. The molecule has 0 spiro atoms. The number of rotatable bonds is 5. The maximum absolute atomic E-state index is 8.63. The van der Waals surface area contributed by atoms with Crippen LogP contribution in [-0.4, -0.2) is 24.5 Å². The molecule has 0 aliphatic heterocycles. The molecule has 78 valence electrons. The third-order valence-corrected chi connectivity index (χ3v) is 2.08. The van der Waals surface area contributed by atoms with Crippen molar-refractivity contribution in [3.8, 4) is 12.1 Å². The monoisotopic (exact) mass is 204 g/mol. The van der Waals surface area contributed by atoms with Crippen molar-refractivity contribution < 1.29 is 4.42 Å². The van der Waals surface area contributed by atoms with E-state index in [1.54, 1.807) is 23.3 Å². The van der Waals surface area contributed by atoms with Crippen LogP contribution in [-0.2, 0) is 0 Å². The van der Waals surface area contributed by atoms with Crippen molar-refractivity contribution in [3.05, 3.63) is 24.2 Å². The van der Waals surface area contributed by atoms with E-state index in [4.69, 9.17) is 20.7 Å². The van der Waals surface area contributed by atoms with Gasteiger partial charge in [-0.2, -0.15) is 10.5 Å². The Hall–Kier alpha value is -1.82. The Balaban J connectivity index is 2.80. The van der Waals surface area contributed by atoms with E-state index in [0.29, 0.717) is 12.3 Å². The summed E-state index contributed by atoms with van der Waals surface area (Å²) < 4.78 is 5.22. The molecular formula is C10H12N4O. The van der Waals surface area contributed by atoms with Crippen LogP contribution in [0.1, 0.15) is 11.8 Å². The van der Waals surface area contributed by atoms with Gasteiger partial charge in [0.05, 0.1) is 37.5 Å². The lowest BCUT2D eigenvalue weighted by Gasteiger charge is -2.24. The van der Waals surface area contributed by atoms with Crippen molar-refractivity contribution in [2.24, 2.45) is 5.73 Å². The molecule has 0 bridgehead atoms. The van der Waals surface area contributed by atoms with Crippen molar-refractivity contribution in [2.75, 3.05) is 19.6 Å². The standard InChI is InChI=1S/C10H12N4O/c11-3-5-14(6-4-12)9(8-13)10-2-1-7-15-10/h1-2,7,9H,5-6,8,13H2. The fourth-order valence-corrected chi connectivity index (χ4v) is 1.38. The average molecular weight is 204 g/mol. The summed E-state index contributed by atoms with van der Waals surface area (Å²) in [6.07, 6.45) is 1.55. The van der Waals surface area contributed by atoms with E-state index >= 15 is 0 Å². The van der Waals surface area contributed by atoms with Gasteiger partial charge in [-0.1, -0.05) is 0 Å². The fourth-order valence-electron chi connectivity index (χ4n) is 1.38. The van der Waals surface area contributed by atoms with Crippen molar-refractivity contribution in [1.29, 1.82) is 10.5 Å². The Morgan fingerprint density at radius 3 is 2.47 bits per heavy atom. The van der Waals surface area contributed by atoms with Gasteiger partial charge in [-0.05, 0) is 12.1 Å². The van der Waals surface area contributed by atoms with Gasteiger partial charge in [0, 0.05) is 6.54 Å². The first-order valence-electron chi connectivity index (χ1n) is 4.55. The van der Waals surface area contributed by atoms with Gasteiger partial charge in [0.2, 0.25) is 0 Å². The summed E-state index contributed by atoms with van der Waals surface area (Å²) in [4.78, 5) is 1.68. The van der Waals surface area contributed by atoms with Crippen molar-refractivity contribution in [1.82, 2.24) is 4.90 Å². The summed E-state index contributed by atoms with van der Waals surface area (Å²) in [5.41, 5.74) is 5.60. The highest BCUT2D eigenvalue weighted by Gasteiger charge is 2.20. The molecule has 1 rings (SSSR count). The summed E-state index contributed by atoms with van der Waals surface area (Å²) >= 11 is 0. The van der Waals surface area contributed by atoms with Crippen LogP contribution in [0.5, 0.6) is 0 Å². The Morgan fingerprint density at radius 2 is 2.07 bits per heavy atom. The quantitative estimate of drug-likeness (QED) is 0.710. The van der Waals surface area contributed by atoms with E-state index in [-0.39, 0.29) is 19.1 Å². The minimum Gasteiger partial charge on any atom is -0.468 e. The Kier molecular flexibility index (Phi) is 4.36. The molecule has 1 atom stereocenters. The average Bonchev–Trinajstić information content (AvgIpc) is 2.73. The molecule has 1 aromatic rings. The van der Waals surface area contributed by atoms with Gasteiger partial charge in [-0.25, -0.2) is 0 Å². The third kappa shape index (κ3) is 2.81. The number of nitriles is 2. The number of hydrogen-bond donors (Lipinski definition) is 1. The molecule has 1 heterocycles. The molecule has 2 N–H and O–H groups in total. The van der Waals surface area contributed by atoms with E-state index in [9.17, 15) is 0 Å². The van der Waals surface area contributed by atoms with E-state index in [0.717, 1.165) is 0 Å². The Labute approximate surface area is 88.3 Å². The fraction of sp³-hybridized carbons (Fsp3) is 0.400. The van der Waals surface area contributed by atoms with Gasteiger partial charge in [-0.15, -0.1) is 0 Å². The van der Waals surface area contributed by atoms with Crippen LogP contribution in [0.4, 0.5) is 0 Å². The van der Waals surface area contributed by atoms with Crippen molar-refractivity contribution in [3.63, 3.8) is 0 Å². The molecule has 5 heteroatoms. The lowest BCUT2D eigenvalue weighted by molar-refractivity contribution is 0.223. The van der Waals surface area contributed by atoms with Crippen LogP contribution >= 0.6 is 0 Å². The summed E-state index contributed by atoms with van der Waals surface area (Å²) in [5.74, 6) is 0.683. The highest BCUT2D eigenvalue weighted by Crippen LogP contribution is 2.19. The number of nitrogens with two attached hydrogens (primary N) is 1. The molecular weight excluding hydrogens is 192 g/mol. The minimum atomic E-state index is -0.209. The molecule has 15 heavy (non-hydrogen) atoms. The molecule has 5 nitrogen and oxygen atoms in total. The van der Waals surface area contributed by atoms with Crippen LogP contribution in [0.3, 0.4) is 0 Å². The lowest BCUT2D eigenvalue weighted by Crippen LogP contribution is -2.34. The van der Waals surface area contributed by atoms with Gasteiger partial charge in [-0.3, -0.25) is 4.90 Å². The molecule has 0 aliphatic carbocycles. The topological polar surface area (TPSA) is 90.0 Å². The zero-order valence-corrected chi connectivity index (χ0v) is 8.26. The molecule has 0 saturated heterocycles. The van der Waals surface area contributed by atoms with E-state index in [1.807, 2.05) is 12.1 Å². The van der Waals surface area contributed by atoms with Crippen LogP contribution in [0, 0.1) is 22.7 Å². The first-order valence-corrected chi connectivity index (χ1v) is 4.55. The second-order valence-electron chi connectivity index (χ2n) is 2.99. The zero-order valence-electron chi connectivity index (χ0n) is 8.26. The minimum absolute atomic E-state index is 0.163. The summed E-state index contributed by atoms with van der Waals surface area (Å²) in [7, 11) is 0. The van der Waals surface area contributed by atoms with Crippen LogP contribution in [0.2, 0.25) is 0 Å². The SMILES string of the molecule is N#CCN(CC#N)C(CN)c1ccco1. The second-order valence-corrected chi connectivity index (χ2v) is 2.99. The molecule has 0 amide bonds. The second kappa shape index (κ2) is 5.82.